The van der Waals surface area contributed by atoms with Crippen molar-refractivity contribution in [1.82, 2.24) is 20.1 Å². The Morgan fingerprint density at radius 2 is 1.82 bits per heavy atom. The average molecular weight is 526 g/mol. The van der Waals surface area contributed by atoms with Gasteiger partial charge in [0.05, 0.1) is 11.5 Å². The van der Waals surface area contributed by atoms with E-state index in [-0.39, 0.29) is 30.1 Å². The highest BCUT2D eigenvalue weighted by molar-refractivity contribution is 5.81. The van der Waals surface area contributed by atoms with Crippen LogP contribution in [0.5, 0.6) is 0 Å². The summed E-state index contributed by atoms with van der Waals surface area (Å²) in [5.74, 6) is 0.541. The molecule has 0 atom stereocenters. The van der Waals surface area contributed by atoms with Crippen molar-refractivity contribution in [2.75, 3.05) is 56.0 Å². The number of benzene rings is 1. The molecule has 0 saturated carbocycles. The normalized spacial score (nSPS) is 17.0. The quantitative estimate of drug-likeness (QED) is 0.431. The van der Waals surface area contributed by atoms with E-state index in [1.54, 1.807) is 11.0 Å². The molecule has 2 aliphatic heterocycles. The third-order valence-corrected chi connectivity index (χ3v) is 6.29. The highest BCUT2D eigenvalue weighted by Gasteiger charge is 2.26. The Bertz CT molecular complexity index is 1160. The van der Waals surface area contributed by atoms with E-state index >= 15 is 0 Å². The van der Waals surface area contributed by atoms with E-state index < -0.39 is 10.5 Å². The molecule has 12 nitrogen and oxygen atoms in total. The standard InChI is InChI=1S/C26H35N7O5/c1-26(2,3)38-25(35)31-15-13-30(14-16-31)17-19-5-7-20(8-6-19)28-24-21(33(36)37)9-10-22(29-24)32-12-4-11-27-23(34)18-32/h5-10H,4,11-18H2,1-3H3,(H,27,34)(H,28,29). The van der Waals surface area contributed by atoms with Gasteiger partial charge < -0.3 is 25.2 Å². The second-order valence-corrected chi connectivity index (χ2v) is 10.5. The fourth-order valence-electron chi connectivity index (χ4n) is 4.36. The predicted molar refractivity (Wildman–Crippen MR) is 144 cm³/mol. The Morgan fingerprint density at radius 1 is 1.11 bits per heavy atom. The third-order valence-electron chi connectivity index (χ3n) is 6.29. The van der Waals surface area contributed by atoms with Crippen LogP contribution in [0.25, 0.3) is 0 Å². The zero-order valence-corrected chi connectivity index (χ0v) is 22.1. The molecule has 2 fully saturated rings. The van der Waals surface area contributed by atoms with Crippen molar-refractivity contribution >= 4 is 35.0 Å². The number of amides is 2. The number of nitro groups is 1. The summed E-state index contributed by atoms with van der Waals surface area (Å²) < 4.78 is 5.46. The van der Waals surface area contributed by atoms with E-state index in [9.17, 15) is 19.7 Å². The Hall–Kier alpha value is -3.93. The fourth-order valence-corrected chi connectivity index (χ4v) is 4.36. The molecule has 204 valence electrons. The van der Waals surface area contributed by atoms with E-state index in [1.165, 1.54) is 6.07 Å². The summed E-state index contributed by atoms with van der Waals surface area (Å²) in [6.07, 6.45) is 0.489. The molecule has 2 saturated heterocycles. The molecule has 1 aromatic carbocycles. The second kappa shape index (κ2) is 11.6. The minimum atomic E-state index is -0.509. The van der Waals surface area contributed by atoms with Crippen LogP contribution in [-0.4, -0.2) is 83.1 Å². The van der Waals surface area contributed by atoms with Gasteiger partial charge in [0.25, 0.3) is 0 Å². The number of nitrogens with one attached hydrogen (secondary N) is 2. The first-order valence-electron chi connectivity index (χ1n) is 12.8. The molecule has 0 bridgehead atoms. The molecule has 2 aliphatic rings. The van der Waals surface area contributed by atoms with Gasteiger partial charge in [-0.05, 0) is 51.0 Å². The molecule has 12 heteroatoms. The van der Waals surface area contributed by atoms with Gasteiger partial charge in [0, 0.05) is 57.6 Å². The lowest BCUT2D eigenvalue weighted by Gasteiger charge is -2.35. The third kappa shape index (κ3) is 7.31. The molecule has 4 rings (SSSR count). The van der Waals surface area contributed by atoms with Crippen LogP contribution in [0.15, 0.2) is 36.4 Å². The van der Waals surface area contributed by atoms with Gasteiger partial charge in [0.1, 0.15) is 11.4 Å². The molecule has 3 heterocycles. The summed E-state index contributed by atoms with van der Waals surface area (Å²) in [6.45, 7) is 10.4. The molecular weight excluding hydrogens is 490 g/mol. The molecule has 0 spiro atoms. The Labute approximate surface area is 222 Å². The first kappa shape index (κ1) is 27.1. The number of carbonyl (C=O) groups excluding carboxylic acids is 2. The lowest BCUT2D eigenvalue weighted by Crippen LogP contribution is -2.49. The highest BCUT2D eigenvalue weighted by Crippen LogP contribution is 2.29. The zero-order valence-electron chi connectivity index (χ0n) is 22.1. The molecule has 0 aliphatic carbocycles. The van der Waals surface area contributed by atoms with Crippen LogP contribution in [0, 0.1) is 10.1 Å². The number of anilines is 3. The minimum absolute atomic E-state index is 0.0981. The summed E-state index contributed by atoms with van der Waals surface area (Å²) in [7, 11) is 0. The second-order valence-electron chi connectivity index (χ2n) is 10.5. The smallest absolute Gasteiger partial charge is 0.410 e. The maximum Gasteiger partial charge on any atom is 0.410 e. The highest BCUT2D eigenvalue weighted by atomic mass is 16.6. The van der Waals surface area contributed by atoms with Crippen molar-refractivity contribution < 1.29 is 19.2 Å². The van der Waals surface area contributed by atoms with Crippen LogP contribution >= 0.6 is 0 Å². The van der Waals surface area contributed by atoms with E-state index in [1.807, 2.05) is 49.9 Å². The lowest BCUT2D eigenvalue weighted by molar-refractivity contribution is -0.384. The number of hydrogen-bond acceptors (Lipinski definition) is 9. The van der Waals surface area contributed by atoms with E-state index in [0.717, 1.165) is 31.6 Å². The number of piperazine rings is 1. The van der Waals surface area contributed by atoms with E-state index in [2.05, 4.69) is 20.5 Å². The van der Waals surface area contributed by atoms with Crippen LogP contribution in [-0.2, 0) is 16.1 Å². The van der Waals surface area contributed by atoms with Crippen molar-refractivity contribution in [1.29, 1.82) is 0 Å². The molecule has 0 radical (unpaired) electrons. The van der Waals surface area contributed by atoms with Gasteiger partial charge in [0.15, 0.2) is 0 Å². The maximum atomic E-state index is 12.3. The van der Waals surface area contributed by atoms with Crippen LogP contribution in [0.2, 0.25) is 0 Å². The van der Waals surface area contributed by atoms with Gasteiger partial charge >= 0.3 is 11.8 Å². The van der Waals surface area contributed by atoms with Crippen molar-refractivity contribution in [2.45, 2.75) is 39.3 Å². The first-order valence-corrected chi connectivity index (χ1v) is 12.8. The summed E-state index contributed by atoms with van der Waals surface area (Å²) in [5, 5.41) is 17.5. The molecule has 0 unspecified atom stereocenters. The fraction of sp³-hybridized carbons (Fsp3) is 0.500. The van der Waals surface area contributed by atoms with Crippen LogP contribution in [0.1, 0.15) is 32.8 Å². The van der Waals surface area contributed by atoms with Crippen LogP contribution in [0.4, 0.5) is 27.8 Å². The number of carbonyl (C=O) groups is 2. The predicted octanol–water partition coefficient (Wildman–Crippen LogP) is 3.11. The van der Waals surface area contributed by atoms with Gasteiger partial charge in [-0.25, -0.2) is 9.78 Å². The summed E-state index contributed by atoms with van der Waals surface area (Å²) >= 11 is 0. The molecule has 38 heavy (non-hydrogen) atoms. The Morgan fingerprint density at radius 3 is 2.47 bits per heavy atom. The minimum Gasteiger partial charge on any atom is -0.444 e. The number of aromatic nitrogens is 1. The van der Waals surface area contributed by atoms with Crippen molar-refractivity contribution in [3.63, 3.8) is 0 Å². The van der Waals surface area contributed by atoms with Gasteiger partial charge in [-0.15, -0.1) is 0 Å². The largest absolute Gasteiger partial charge is 0.444 e. The van der Waals surface area contributed by atoms with Gasteiger partial charge in [-0.1, -0.05) is 12.1 Å². The van der Waals surface area contributed by atoms with Crippen LogP contribution in [0.3, 0.4) is 0 Å². The Kier molecular flexibility index (Phi) is 8.30. The van der Waals surface area contributed by atoms with Gasteiger partial charge in [-0.3, -0.25) is 19.8 Å². The van der Waals surface area contributed by atoms with Crippen molar-refractivity contribution in [3.05, 3.63) is 52.1 Å². The summed E-state index contributed by atoms with van der Waals surface area (Å²) in [5.41, 5.74) is 1.11. The molecule has 2 aromatic rings. The molecule has 1 aromatic heterocycles. The summed E-state index contributed by atoms with van der Waals surface area (Å²) in [4.78, 5) is 45.7. The van der Waals surface area contributed by atoms with E-state index in [0.29, 0.717) is 37.7 Å². The lowest BCUT2D eigenvalue weighted by atomic mass is 10.1. The average Bonchev–Trinajstić information content (AvgIpc) is 3.09. The number of rotatable bonds is 6. The van der Waals surface area contributed by atoms with Crippen LogP contribution < -0.4 is 15.5 Å². The SMILES string of the molecule is CC(C)(C)OC(=O)N1CCN(Cc2ccc(Nc3nc(N4CCCNC(=O)C4)ccc3[N+](=O)[O-])cc2)CC1. The number of hydrogen-bond donors (Lipinski definition) is 2. The topological polar surface area (TPSA) is 133 Å². The zero-order chi connectivity index (χ0) is 27.3. The van der Waals surface area contributed by atoms with Gasteiger partial charge in [0.2, 0.25) is 11.7 Å². The first-order chi connectivity index (χ1) is 18.1. The number of pyridine rings is 1. The summed E-state index contributed by atoms with van der Waals surface area (Å²) in [6, 6.07) is 10.7. The van der Waals surface area contributed by atoms with Gasteiger partial charge in [-0.2, -0.15) is 0 Å². The van der Waals surface area contributed by atoms with Crippen molar-refractivity contribution in [2.24, 2.45) is 0 Å². The monoisotopic (exact) mass is 525 g/mol. The Balaban J connectivity index is 1.37. The molecular formula is C26H35N7O5. The number of nitrogens with zero attached hydrogens (tertiary/aromatic N) is 5. The maximum absolute atomic E-state index is 12.3. The number of ether oxygens (including phenoxy) is 1. The molecule has 2 amide bonds. The van der Waals surface area contributed by atoms with Crippen molar-refractivity contribution in [3.8, 4) is 0 Å². The van der Waals surface area contributed by atoms with E-state index in [4.69, 9.17) is 4.74 Å². The molecule has 2 N–H and O–H groups in total.